The summed E-state index contributed by atoms with van der Waals surface area (Å²) in [6, 6.07) is 5.82. The minimum Gasteiger partial charge on any atom is -0.460 e. The zero-order valence-corrected chi connectivity index (χ0v) is 18.9. The van der Waals surface area contributed by atoms with Gasteiger partial charge in [0.1, 0.15) is 17.2 Å². The lowest BCUT2D eigenvalue weighted by Gasteiger charge is -2.30. The Morgan fingerprint density at radius 2 is 1.61 bits per heavy atom. The van der Waals surface area contributed by atoms with Crippen LogP contribution in [-0.4, -0.2) is 39.2 Å². The molecule has 166 valence electrons. The van der Waals surface area contributed by atoms with Crippen LogP contribution >= 0.6 is 0 Å². The Kier molecular flexibility index (Phi) is 5.69. The number of hydrogen-bond donors (Lipinski definition) is 0. The molecule has 0 radical (unpaired) electrons. The predicted octanol–water partition coefficient (Wildman–Crippen LogP) is 4.81. The van der Waals surface area contributed by atoms with Crippen LogP contribution < -0.4 is 0 Å². The first-order valence-electron chi connectivity index (χ1n) is 10.1. The highest BCUT2D eigenvalue weighted by atomic mass is 16.6. The van der Waals surface area contributed by atoms with Crippen molar-refractivity contribution in [3.63, 3.8) is 0 Å². The molecule has 1 aliphatic heterocycles. The van der Waals surface area contributed by atoms with E-state index in [-0.39, 0.29) is 12.2 Å². The van der Waals surface area contributed by atoms with Gasteiger partial charge in [0.15, 0.2) is 5.76 Å². The molecule has 2 heterocycles. The van der Waals surface area contributed by atoms with Gasteiger partial charge in [-0.05, 0) is 60.1 Å². The lowest BCUT2D eigenvalue weighted by atomic mass is 9.97. The lowest BCUT2D eigenvalue weighted by molar-refractivity contribution is -0.156. The van der Waals surface area contributed by atoms with Crippen molar-refractivity contribution >= 4 is 18.0 Å². The van der Waals surface area contributed by atoms with Gasteiger partial charge in [0.05, 0.1) is 17.7 Å². The Hall–Kier alpha value is -3.16. The maximum atomic E-state index is 13.5. The van der Waals surface area contributed by atoms with Crippen molar-refractivity contribution in [1.29, 1.82) is 0 Å². The fourth-order valence-electron chi connectivity index (χ4n) is 3.46. The summed E-state index contributed by atoms with van der Waals surface area (Å²) in [5.74, 6) is -0.915. The molecule has 0 aliphatic carbocycles. The maximum Gasteiger partial charge on any atom is 0.418 e. The summed E-state index contributed by atoms with van der Waals surface area (Å²) < 4.78 is 16.5. The van der Waals surface area contributed by atoms with Crippen molar-refractivity contribution in [2.45, 2.75) is 72.1 Å². The normalized spacial score (nSPS) is 16.3. The van der Waals surface area contributed by atoms with Gasteiger partial charge in [-0.25, -0.2) is 9.69 Å². The number of amides is 2. The van der Waals surface area contributed by atoms with Crippen molar-refractivity contribution in [3.8, 4) is 11.1 Å². The van der Waals surface area contributed by atoms with Gasteiger partial charge in [0.25, 0.3) is 5.91 Å². The van der Waals surface area contributed by atoms with Gasteiger partial charge < -0.3 is 14.0 Å². The van der Waals surface area contributed by atoms with Crippen LogP contribution in [0.2, 0.25) is 0 Å². The van der Waals surface area contributed by atoms with Crippen LogP contribution in [0.1, 0.15) is 75.8 Å². The number of rotatable bonds is 2. The van der Waals surface area contributed by atoms with Gasteiger partial charge in [-0.1, -0.05) is 23.4 Å². The summed E-state index contributed by atoms with van der Waals surface area (Å²) in [5.41, 5.74) is 0.444. The van der Waals surface area contributed by atoms with Gasteiger partial charge in [-0.2, -0.15) is 0 Å². The Bertz CT molecular complexity index is 1030. The molecule has 1 atom stereocenters. The third-order valence-corrected chi connectivity index (χ3v) is 4.52. The number of aromatic nitrogens is 1. The van der Waals surface area contributed by atoms with Crippen LogP contribution in [0.4, 0.5) is 4.79 Å². The second kappa shape index (κ2) is 7.83. The highest BCUT2D eigenvalue weighted by molar-refractivity contribution is 6.09. The minimum absolute atomic E-state index is 0.243. The number of aryl methyl sites for hydroxylation is 1. The average molecular weight is 428 g/mol. The number of nitrogens with zero attached hydrogens (tertiary/aromatic N) is 2. The van der Waals surface area contributed by atoms with Crippen LogP contribution in [-0.2, 0) is 14.3 Å². The molecule has 0 unspecified atom stereocenters. The molecule has 0 saturated heterocycles. The first-order valence-corrected chi connectivity index (χ1v) is 10.1. The summed E-state index contributed by atoms with van der Waals surface area (Å²) in [6.45, 7) is 12.1. The molecule has 1 aliphatic rings. The van der Waals surface area contributed by atoms with Crippen molar-refractivity contribution in [1.82, 2.24) is 10.1 Å². The van der Waals surface area contributed by atoms with Gasteiger partial charge in [0, 0.05) is 5.56 Å². The monoisotopic (exact) mass is 428 g/mol. The summed E-state index contributed by atoms with van der Waals surface area (Å²) in [6.07, 6.45) is -1.17. The van der Waals surface area contributed by atoms with Gasteiger partial charge >= 0.3 is 12.1 Å². The molecule has 0 saturated carbocycles. The number of benzene rings is 1. The molecule has 0 spiro atoms. The second-order valence-electron chi connectivity index (χ2n) is 9.51. The topological polar surface area (TPSA) is 98.9 Å². The standard InChI is InChI=1S/C23H28N2O6/c1-13-18-14-10-8-9-11-15(14)20(27)25(21(28)30-23(5,6)7)16(19(18)31-24-13)12-17(26)29-22(2,3)4/h8-11,16H,12H2,1-7H3/t16-/m0/s1. The minimum atomic E-state index is -1.07. The number of hydrogen-bond acceptors (Lipinski definition) is 7. The lowest BCUT2D eigenvalue weighted by Crippen LogP contribution is -2.43. The average Bonchev–Trinajstić information content (AvgIpc) is 2.94. The van der Waals surface area contributed by atoms with E-state index in [4.69, 9.17) is 14.0 Å². The Balaban J connectivity index is 2.17. The third-order valence-electron chi connectivity index (χ3n) is 4.52. The highest BCUT2D eigenvalue weighted by Crippen LogP contribution is 2.42. The van der Waals surface area contributed by atoms with E-state index in [1.807, 2.05) is 0 Å². The highest BCUT2D eigenvalue weighted by Gasteiger charge is 2.44. The van der Waals surface area contributed by atoms with Crippen molar-refractivity contribution in [2.24, 2.45) is 0 Å². The fourth-order valence-corrected chi connectivity index (χ4v) is 3.46. The Morgan fingerprint density at radius 3 is 2.19 bits per heavy atom. The molecule has 2 amide bonds. The molecule has 1 aromatic heterocycles. The summed E-state index contributed by atoms with van der Waals surface area (Å²) in [7, 11) is 0. The van der Waals surface area contributed by atoms with Gasteiger partial charge in [0.2, 0.25) is 0 Å². The predicted molar refractivity (Wildman–Crippen MR) is 112 cm³/mol. The molecule has 0 bridgehead atoms. The largest absolute Gasteiger partial charge is 0.460 e. The molecule has 2 aromatic rings. The van der Waals surface area contributed by atoms with Crippen LogP contribution in [0.3, 0.4) is 0 Å². The summed E-state index contributed by atoms with van der Waals surface area (Å²) >= 11 is 0. The van der Waals surface area contributed by atoms with E-state index >= 15 is 0 Å². The van der Waals surface area contributed by atoms with E-state index in [0.29, 0.717) is 22.4 Å². The Labute approximate surface area is 181 Å². The van der Waals surface area contributed by atoms with Gasteiger partial charge in [-0.15, -0.1) is 0 Å². The van der Waals surface area contributed by atoms with Gasteiger partial charge in [-0.3, -0.25) is 9.59 Å². The SMILES string of the molecule is Cc1noc2c1-c1ccccc1C(=O)N(C(=O)OC(C)(C)C)[C@H]2CC(=O)OC(C)(C)C. The fraction of sp³-hybridized carbons (Fsp3) is 0.478. The van der Waals surface area contributed by atoms with E-state index < -0.39 is 35.2 Å². The number of carbonyl (C=O) groups excluding carboxylic acids is 3. The van der Waals surface area contributed by atoms with E-state index in [1.165, 1.54) is 0 Å². The zero-order valence-electron chi connectivity index (χ0n) is 18.9. The van der Waals surface area contributed by atoms with Crippen LogP contribution in [0.25, 0.3) is 11.1 Å². The molecule has 8 nitrogen and oxygen atoms in total. The third kappa shape index (κ3) is 4.78. The van der Waals surface area contributed by atoms with E-state index in [1.54, 1.807) is 72.7 Å². The number of fused-ring (bicyclic) bond motifs is 3. The zero-order chi connectivity index (χ0) is 23.1. The molecule has 31 heavy (non-hydrogen) atoms. The quantitative estimate of drug-likeness (QED) is 0.633. The first-order chi connectivity index (χ1) is 14.3. The maximum absolute atomic E-state index is 13.5. The first kappa shape index (κ1) is 22.5. The molecular weight excluding hydrogens is 400 g/mol. The smallest absolute Gasteiger partial charge is 0.418 e. The number of carbonyl (C=O) groups is 3. The number of imide groups is 1. The molecule has 8 heteroatoms. The summed E-state index contributed by atoms with van der Waals surface area (Å²) in [4.78, 5) is 40.3. The number of ether oxygens (including phenoxy) is 2. The van der Waals surface area contributed by atoms with Crippen molar-refractivity contribution < 1.29 is 28.4 Å². The van der Waals surface area contributed by atoms with Crippen LogP contribution in [0.15, 0.2) is 28.8 Å². The molecule has 1 aromatic carbocycles. The van der Waals surface area contributed by atoms with Crippen molar-refractivity contribution in [3.05, 3.63) is 41.3 Å². The van der Waals surface area contributed by atoms with E-state index in [2.05, 4.69) is 5.16 Å². The molecular formula is C23H28N2O6. The van der Waals surface area contributed by atoms with Crippen LogP contribution in [0, 0.1) is 6.92 Å². The van der Waals surface area contributed by atoms with E-state index in [9.17, 15) is 14.4 Å². The Morgan fingerprint density at radius 1 is 1.03 bits per heavy atom. The van der Waals surface area contributed by atoms with Crippen molar-refractivity contribution in [2.75, 3.05) is 0 Å². The molecule has 0 N–H and O–H groups in total. The number of esters is 1. The second-order valence-corrected chi connectivity index (χ2v) is 9.51. The van der Waals surface area contributed by atoms with Crippen LogP contribution in [0.5, 0.6) is 0 Å². The summed E-state index contributed by atoms with van der Waals surface area (Å²) in [5, 5.41) is 4.05. The van der Waals surface area contributed by atoms with E-state index in [0.717, 1.165) is 4.90 Å². The molecule has 3 rings (SSSR count). The molecule has 0 fully saturated rings.